The molecular formula is C16H12N4O. The second-order valence-corrected chi connectivity index (χ2v) is 4.65. The van der Waals surface area contributed by atoms with E-state index < -0.39 is 0 Å². The highest BCUT2D eigenvalue weighted by atomic mass is 16.5. The summed E-state index contributed by atoms with van der Waals surface area (Å²) in [5.41, 5.74) is 8.57. The molecule has 0 aliphatic rings. The molecule has 3 rings (SSSR count). The minimum atomic E-state index is 0.443. The molecule has 0 aliphatic carbocycles. The van der Waals surface area contributed by atoms with Crippen LogP contribution in [0.2, 0.25) is 0 Å². The molecule has 2 N–H and O–H groups in total. The monoisotopic (exact) mass is 276 g/mol. The van der Waals surface area contributed by atoms with Gasteiger partial charge in [0, 0.05) is 5.69 Å². The van der Waals surface area contributed by atoms with Crippen LogP contribution in [-0.4, -0.2) is 9.97 Å². The first-order valence-electron chi connectivity index (χ1n) is 6.36. The van der Waals surface area contributed by atoms with E-state index in [0.717, 1.165) is 10.9 Å². The second-order valence-electron chi connectivity index (χ2n) is 4.65. The number of ether oxygens (including phenoxy) is 1. The molecule has 0 amide bonds. The Morgan fingerprint density at radius 2 is 2.00 bits per heavy atom. The predicted molar refractivity (Wildman–Crippen MR) is 79.9 cm³/mol. The van der Waals surface area contributed by atoms with E-state index in [1.165, 1.54) is 6.33 Å². The van der Waals surface area contributed by atoms with E-state index in [2.05, 4.69) is 16.0 Å². The molecule has 21 heavy (non-hydrogen) atoms. The van der Waals surface area contributed by atoms with Crippen molar-refractivity contribution in [3.8, 4) is 17.7 Å². The Labute approximate surface area is 121 Å². The van der Waals surface area contributed by atoms with Crippen LogP contribution in [0.5, 0.6) is 11.6 Å². The Hall–Kier alpha value is -3.13. The first-order valence-corrected chi connectivity index (χ1v) is 6.36. The van der Waals surface area contributed by atoms with Gasteiger partial charge >= 0.3 is 0 Å². The van der Waals surface area contributed by atoms with Crippen LogP contribution in [0.3, 0.4) is 0 Å². The maximum Gasteiger partial charge on any atom is 0.230 e. The van der Waals surface area contributed by atoms with Crippen molar-refractivity contribution in [1.29, 1.82) is 5.26 Å². The number of fused-ring (bicyclic) bond motifs is 1. The summed E-state index contributed by atoms with van der Waals surface area (Å²) in [4.78, 5) is 8.35. The molecule has 1 heterocycles. The summed E-state index contributed by atoms with van der Waals surface area (Å²) in [5.74, 6) is 1.05. The molecule has 2 aromatic carbocycles. The number of benzene rings is 2. The smallest absolute Gasteiger partial charge is 0.230 e. The van der Waals surface area contributed by atoms with E-state index in [0.29, 0.717) is 28.4 Å². The molecule has 1 aromatic heterocycles. The largest absolute Gasteiger partial charge is 0.438 e. The van der Waals surface area contributed by atoms with Crippen LogP contribution in [-0.2, 0) is 0 Å². The highest BCUT2D eigenvalue weighted by Crippen LogP contribution is 2.30. The fourth-order valence-corrected chi connectivity index (χ4v) is 2.01. The van der Waals surface area contributed by atoms with Crippen molar-refractivity contribution in [2.75, 3.05) is 5.73 Å². The normalized spacial score (nSPS) is 10.3. The number of aryl methyl sites for hydroxylation is 1. The summed E-state index contributed by atoms with van der Waals surface area (Å²) in [6.45, 7) is 1.91. The van der Waals surface area contributed by atoms with Gasteiger partial charge in [-0.25, -0.2) is 9.97 Å². The number of nitrogen functional groups attached to an aromatic ring is 1. The number of hydrogen-bond acceptors (Lipinski definition) is 5. The summed E-state index contributed by atoms with van der Waals surface area (Å²) in [7, 11) is 0. The van der Waals surface area contributed by atoms with E-state index >= 15 is 0 Å². The van der Waals surface area contributed by atoms with Crippen molar-refractivity contribution in [1.82, 2.24) is 9.97 Å². The zero-order chi connectivity index (χ0) is 14.8. The molecule has 102 valence electrons. The highest BCUT2D eigenvalue weighted by molar-refractivity contribution is 5.86. The lowest BCUT2D eigenvalue weighted by atomic mass is 10.1. The maximum atomic E-state index is 8.98. The molecule has 0 fully saturated rings. The van der Waals surface area contributed by atoms with Gasteiger partial charge in [0.15, 0.2) is 0 Å². The van der Waals surface area contributed by atoms with Gasteiger partial charge < -0.3 is 10.5 Å². The van der Waals surface area contributed by atoms with Gasteiger partial charge in [-0.05, 0) is 42.8 Å². The van der Waals surface area contributed by atoms with Gasteiger partial charge in [0.05, 0.1) is 22.5 Å². The van der Waals surface area contributed by atoms with Crippen LogP contribution in [0.15, 0.2) is 42.7 Å². The minimum Gasteiger partial charge on any atom is -0.438 e. The first kappa shape index (κ1) is 12.9. The summed E-state index contributed by atoms with van der Waals surface area (Å²) in [5, 5.41) is 9.75. The Kier molecular flexibility index (Phi) is 3.13. The minimum absolute atomic E-state index is 0.443. The number of anilines is 1. The number of nitrogens with zero attached hydrogens (tertiary/aromatic N) is 3. The Morgan fingerprint density at radius 1 is 1.14 bits per heavy atom. The molecule has 0 unspecified atom stereocenters. The van der Waals surface area contributed by atoms with Crippen LogP contribution in [0, 0.1) is 18.3 Å². The molecule has 5 nitrogen and oxygen atoms in total. The average molecular weight is 276 g/mol. The van der Waals surface area contributed by atoms with Crippen LogP contribution >= 0.6 is 0 Å². The van der Waals surface area contributed by atoms with Crippen LogP contribution in [0.1, 0.15) is 11.1 Å². The molecule has 0 saturated heterocycles. The van der Waals surface area contributed by atoms with Gasteiger partial charge in [0.25, 0.3) is 0 Å². The van der Waals surface area contributed by atoms with Crippen LogP contribution in [0.25, 0.3) is 10.9 Å². The molecule has 0 saturated carbocycles. The standard InChI is InChI=1S/C16H12N4O/c1-10-2-3-11(8-17)6-15(10)21-16-13-5-4-12(18)7-14(13)19-9-20-16/h2-7,9H,18H2,1H3. The van der Waals surface area contributed by atoms with Gasteiger partial charge in [0.2, 0.25) is 5.88 Å². The summed E-state index contributed by atoms with van der Waals surface area (Å²) >= 11 is 0. The Morgan fingerprint density at radius 3 is 2.81 bits per heavy atom. The fraction of sp³-hybridized carbons (Fsp3) is 0.0625. The van der Waals surface area contributed by atoms with Crippen molar-refractivity contribution >= 4 is 16.6 Å². The molecule has 0 bridgehead atoms. The third-order valence-electron chi connectivity index (χ3n) is 3.15. The van der Waals surface area contributed by atoms with E-state index in [-0.39, 0.29) is 0 Å². The molecule has 3 aromatic rings. The van der Waals surface area contributed by atoms with Crippen molar-refractivity contribution < 1.29 is 4.74 Å². The zero-order valence-corrected chi connectivity index (χ0v) is 11.4. The van der Waals surface area contributed by atoms with E-state index in [4.69, 9.17) is 15.7 Å². The molecule has 0 spiro atoms. The quantitative estimate of drug-likeness (QED) is 0.726. The van der Waals surface area contributed by atoms with Crippen LogP contribution < -0.4 is 10.5 Å². The lowest BCUT2D eigenvalue weighted by Crippen LogP contribution is -1.94. The SMILES string of the molecule is Cc1ccc(C#N)cc1Oc1ncnc2cc(N)ccc12. The number of aromatic nitrogens is 2. The predicted octanol–water partition coefficient (Wildman–Crippen LogP) is 3.18. The van der Waals surface area contributed by atoms with E-state index in [1.807, 2.05) is 19.1 Å². The highest BCUT2D eigenvalue weighted by Gasteiger charge is 2.09. The number of nitrogens with two attached hydrogens (primary N) is 1. The maximum absolute atomic E-state index is 8.98. The molecule has 0 atom stereocenters. The first-order chi connectivity index (χ1) is 10.2. The molecular weight excluding hydrogens is 264 g/mol. The van der Waals surface area contributed by atoms with Crippen LogP contribution in [0.4, 0.5) is 5.69 Å². The van der Waals surface area contributed by atoms with Crippen molar-refractivity contribution in [3.05, 3.63) is 53.9 Å². The van der Waals surface area contributed by atoms with Crippen molar-refractivity contribution in [2.24, 2.45) is 0 Å². The van der Waals surface area contributed by atoms with Crippen molar-refractivity contribution in [3.63, 3.8) is 0 Å². The lowest BCUT2D eigenvalue weighted by molar-refractivity contribution is 0.464. The number of nitriles is 1. The summed E-state index contributed by atoms with van der Waals surface area (Å²) in [6, 6.07) is 12.7. The van der Waals surface area contributed by atoms with Gasteiger partial charge in [-0.15, -0.1) is 0 Å². The Bertz CT molecular complexity index is 868. The van der Waals surface area contributed by atoms with E-state index in [1.54, 1.807) is 24.3 Å². The van der Waals surface area contributed by atoms with Gasteiger partial charge in [-0.1, -0.05) is 6.07 Å². The average Bonchev–Trinajstić information content (AvgIpc) is 2.49. The summed E-state index contributed by atoms with van der Waals surface area (Å²) < 4.78 is 5.86. The van der Waals surface area contributed by atoms with Gasteiger partial charge in [-0.2, -0.15) is 5.26 Å². The number of rotatable bonds is 2. The molecule has 0 radical (unpaired) electrons. The van der Waals surface area contributed by atoms with Gasteiger partial charge in [0.1, 0.15) is 12.1 Å². The van der Waals surface area contributed by atoms with Crippen molar-refractivity contribution in [2.45, 2.75) is 6.92 Å². The topological polar surface area (TPSA) is 84.8 Å². The summed E-state index contributed by atoms with van der Waals surface area (Å²) in [6.07, 6.45) is 1.43. The third kappa shape index (κ3) is 2.47. The molecule has 0 aliphatic heterocycles. The lowest BCUT2D eigenvalue weighted by Gasteiger charge is -2.10. The van der Waals surface area contributed by atoms with E-state index in [9.17, 15) is 0 Å². The third-order valence-corrected chi connectivity index (χ3v) is 3.15. The Balaban J connectivity index is 2.08. The zero-order valence-electron chi connectivity index (χ0n) is 11.4. The fourth-order valence-electron chi connectivity index (χ4n) is 2.01. The second kappa shape index (κ2) is 5.10. The van der Waals surface area contributed by atoms with Gasteiger partial charge in [-0.3, -0.25) is 0 Å². The molecule has 5 heteroatoms. The number of hydrogen-bond donors (Lipinski definition) is 1.